The van der Waals surface area contributed by atoms with Crippen LogP contribution < -0.4 is 4.90 Å². The normalized spacial score (nSPS) is 18.8. The maximum Gasteiger partial charge on any atom is 0.269 e. The van der Waals surface area contributed by atoms with Crippen LogP contribution in [0.2, 0.25) is 0 Å². The van der Waals surface area contributed by atoms with Crippen molar-refractivity contribution in [2.45, 2.75) is 36.9 Å². The summed E-state index contributed by atoms with van der Waals surface area (Å²) in [6.07, 6.45) is 6.50. The van der Waals surface area contributed by atoms with Crippen molar-refractivity contribution < 1.29 is 22.0 Å². The van der Waals surface area contributed by atoms with Crippen LogP contribution >= 0.6 is 0 Å². The van der Waals surface area contributed by atoms with Crippen LogP contribution in [-0.4, -0.2) is 67.3 Å². The summed E-state index contributed by atoms with van der Waals surface area (Å²) < 4.78 is 67.6. The third-order valence-electron chi connectivity index (χ3n) is 9.45. The summed E-state index contributed by atoms with van der Waals surface area (Å²) in [7, 11) is -4.28. The van der Waals surface area contributed by atoms with Crippen LogP contribution in [0.4, 0.5) is 10.2 Å². The number of phenols is 1. The molecular weight excluding hydrogens is 644 g/mol. The number of nitriles is 1. The van der Waals surface area contributed by atoms with Crippen LogP contribution in [0.5, 0.6) is 5.75 Å². The van der Waals surface area contributed by atoms with Crippen molar-refractivity contribution in [3.05, 3.63) is 108 Å². The Hall–Kier alpha value is -5.58. The Balaban J connectivity index is 1.16. The molecule has 0 radical (unpaired) electrons. The van der Waals surface area contributed by atoms with Gasteiger partial charge in [0.15, 0.2) is 5.65 Å². The number of hydrogen-bond acceptors (Lipinski definition) is 9. The van der Waals surface area contributed by atoms with E-state index in [1.807, 2.05) is 19.1 Å². The molecule has 246 valence electrons. The van der Waals surface area contributed by atoms with Crippen molar-refractivity contribution in [1.82, 2.24) is 28.6 Å². The average Bonchev–Trinajstić information content (AvgIpc) is 3.78. The number of phenolic OH excluding ortho intramolecular Hbond substituents is 1. The zero-order chi connectivity index (χ0) is 36.5. The van der Waals surface area contributed by atoms with Gasteiger partial charge in [0.1, 0.15) is 23.5 Å². The Morgan fingerprint density at radius 1 is 1.02 bits per heavy atom. The molecule has 3 aliphatic rings. The molecular formula is C36H31FN8O3S. The minimum absolute atomic E-state index is 0.00433. The summed E-state index contributed by atoms with van der Waals surface area (Å²) in [6, 6.07) is 18.2. The van der Waals surface area contributed by atoms with E-state index in [2.05, 4.69) is 26.0 Å². The van der Waals surface area contributed by atoms with Crippen LogP contribution in [0.25, 0.3) is 33.4 Å². The second-order valence-corrected chi connectivity index (χ2v) is 14.3. The Morgan fingerprint density at radius 3 is 2.51 bits per heavy atom. The van der Waals surface area contributed by atoms with E-state index in [0.717, 1.165) is 26.5 Å². The molecule has 49 heavy (non-hydrogen) atoms. The standard InChI is InChI=1S/C36H31FN8O3S/c1-22-3-7-30(8-4-22)49(47,48)45-32(26-17-41-42(2)18-26)13-31-35(25(14-38)16-40-36(31)45)23-5-10-34(39-15-23)43-20-28-12-29(21-43)44(28)19-24-11-27(37)6-9-33(24)46/h3-11,13,15-18,28-29,46H,12,19-21H2,1-2H3/i2D3. The van der Waals surface area contributed by atoms with E-state index in [0.29, 0.717) is 41.7 Å². The lowest BCUT2D eigenvalue weighted by Gasteiger charge is -2.56. The fourth-order valence-corrected chi connectivity index (χ4v) is 8.45. The summed E-state index contributed by atoms with van der Waals surface area (Å²) in [5.74, 6) is 0.414. The van der Waals surface area contributed by atoms with Crippen LogP contribution in [-0.2, 0) is 23.5 Å². The number of aromatic hydroxyl groups is 1. The van der Waals surface area contributed by atoms with E-state index in [-0.39, 0.29) is 51.0 Å². The number of aryl methyl sites for hydroxylation is 2. The highest BCUT2D eigenvalue weighted by atomic mass is 32.2. The molecule has 0 amide bonds. The van der Waals surface area contributed by atoms with Gasteiger partial charge in [-0.15, -0.1) is 0 Å². The number of anilines is 1. The van der Waals surface area contributed by atoms with Crippen molar-refractivity contribution in [2.24, 2.45) is 6.98 Å². The lowest BCUT2D eigenvalue weighted by atomic mass is 9.86. The SMILES string of the molecule is [2H]C([2H])([2H])n1cc(-c2cc3c(-c4ccc(N5CC6CC(C5)N6Cc5cc(F)ccc5O)nc4)c(C#N)cnc3n2S(=O)(=O)c2ccc(C)cc2)cn1. The molecule has 9 rings (SSSR count). The Morgan fingerprint density at radius 2 is 1.82 bits per heavy atom. The largest absolute Gasteiger partial charge is 0.508 e. The molecule has 7 heterocycles. The van der Waals surface area contributed by atoms with Gasteiger partial charge in [-0.3, -0.25) is 9.58 Å². The molecule has 13 heteroatoms. The molecule has 2 atom stereocenters. The molecule has 3 aliphatic heterocycles. The zero-order valence-corrected chi connectivity index (χ0v) is 27.0. The second kappa shape index (κ2) is 11.5. The first-order valence-corrected chi connectivity index (χ1v) is 17.0. The van der Waals surface area contributed by atoms with Crippen molar-refractivity contribution in [3.63, 3.8) is 0 Å². The van der Waals surface area contributed by atoms with Gasteiger partial charge in [0.05, 0.1) is 22.3 Å². The third-order valence-corrected chi connectivity index (χ3v) is 11.2. The number of benzene rings is 2. The Kier molecular flexibility index (Phi) is 6.45. The first-order valence-electron chi connectivity index (χ1n) is 17.1. The van der Waals surface area contributed by atoms with Crippen LogP contribution in [0.3, 0.4) is 0 Å². The van der Waals surface area contributed by atoms with Crippen molar-refractivity contribution in [2.75, 3.05) is 18.0 Å². The Labute approximate surface area is 286 Å². The quantitative estimate of drug-likeness (QED) is 0.241. The van der Waals surface area contributed by atoms with Crippen molar-refractivity contribution in [1.29, 1.82) is 5.26 Å². The van der Waals surface area contributed by atoms with E-state index in [9.17, 15) is 23.2 Å². The number of piperidine rings is 1. The first-order chi connectivity index (χ1) is 24.8. The maximum atomic E-state index is 14.3. The average molecular weight is 678 g/mol. The molecule has 11 nitrogen and oxygen atoms in total. The van der Waals surface area contributed by atoms with Crippen LogP contribution in [0, 0.1) is 24.1 Å². The first kappa shape index (κ1) is 27.4. The molecule has 2 aromatic carbocycles. The number of aromatic nitrogens is 5. The zero-order valence-electron chi connectivity index (χ0n) is 29.2. The van der Waals surface area contributed by atoms with Gasteiger partial charge >= 0.3 is 0 Å². The predicted octanol–water partition coefficient (Wildman–Crippen LogP) is 5.22. The number of pyridine rings is 2. The highest BCUT2D eigenvalue weighted by Gasteiger charge is 2.45. The fraction of sp³-hybridized carbons (Fsp3) is 0.222. The molecule has 6 aromatic rings. The number of piperazine rings is 1. The Bertz CT molecular complexity index is 2500. The van der Waals surface area contributed by atoms with E-state index in [1.54, 1.807) is 24.4 Å². The molecule has 3 saturated heterocycles. The summed E-state index contributed by atoms with van der Waals surface area (Å²) >= 11 is 0. The molecule has 0 saturated carbocycles. The molecule has 2 unspecified atom stereocenters. The second-order valence-electron chi connectivity index (χ2n) is 12.5. The fourth-order valence-electron chi connectivity index (χ4n) is 6.97. The van der Waals surface area contributed by atoms with Gasteiger partial charge in [-0.25, -0.2) is 26.7 Å². The van der Waals surface area contributed by atoms with Gasteiger partial charge in [0.25, 0.3) is 10.0 Å². The van der Waals surface area contributed by atoms with Crippen LogP contribution in [0.15, 0.2) is 90.3 Å². The van der Waals surface area contributed by atoms with E-state index in [4.69, 9.17) is 9.10 Å². The highest BCUT2D eigenvalue weighted by Crippen LogP contribution is 2.40. The molecule has 0 spiro atoms. The van der Waals surface area contributed by atoms with E-state index >= 15 is 0 Å². The summed E-state index contributed by atoms with van der Waals surface area (Å²) in [6.45, 7) is 1.08. The number of fused-ring (bicyclic) bond motifs is 3. The predicted molar refractivity (Wildman–Crippen MR) is 182 cm³/mol. The maximum absolute atomic E-state index is 14.3. The number of nitrogens with zero attached hydrogens (tertiary/aromatic N) is 8. The van der Waals surface area contributed by atoms with Gasteiger partial charge in [-0.1, -0.05) is 17.7 Å². The minimum Gasteiger partial charge on any atom is -0.508 e. The summed E-state index contributed by atoms with van der Waals surface area (Å²) in [5.41, 5.74) is 3.02. The lowest BCUT2D eigenvalue weighted by molar-refractivity contribution is -0.00921. The van der Waals surface area contributed by atoms with Gasteiger partial charge in [0, 0.05) is 89.0 Å². The lowest BCUT2D eigenvalue weighted by Crippen LogP contribution is -2.68. The molecule has 3 fully saturated rings. The monoisotopic (exact) mass is 677 g/mol. The third kappa shape index (κ3) is 5.20. The topological polar surface area (TPSA) is 133 Å². The number of hydrogen-bond donors (Lipinski definition) is 1. The van der Waals surface area contributed by atoms with Gasteiger partial charge in [0.2, 0.25) is 0 Å². The van der Waals surface area contributed by atoms with Gasteiger partial charge < -0.3 is 10.0 Å². The number of halogens is 1. The molecule has 1 N–H and O–H groups in total. The van der Waals surface area contributed by atoms with E-state index < -0.39 is 17.0 Å². The van der Waals surface area contributed by atoms with Crippen molar-refractivity contribution >= 4 is 26.9 Å². The van der Waals surface area contributed by atoms with E-state index in [1.165, 1.54) is 48.9 Å². The van der Waals surface area contributed by atoms with Gasteiger partial charge in [-0.2, -0.15) is 10.4 Å². The molecule has 0 aliphatic carbocycles. The molecule has 4 aromatic heterocycles. The van der Waals surface area contributed by atoms with Gasteiger partial charge in [-0.05, 0) is 61.9 Å². The van der Waals surface area contributed by atoms with Crippen LogP contribution in [0.1, 0.15) is 27.2 Å². The summed E-state index contributed by atoms with van der Waals surface area (Å²) in [4.78, 5) is 13.7. The molecule has 2 bridgehead atoms. The minimum atomic E-state index is -4.28. The smallest absolute Gasteiger partial charge is 0.269 e. The highest BCUT2D eigenvalue weighted by molar-refractivity contribution is 7.90. The number of rotatable bonds is 7. The summed E-state index contributed by atoms with van der Waals surface area (Å²) in [5, 5.41) is 24.8. The van der Waals surface area contributed by atoms with Crippen molar-refractivity contribution in [3.8, 4) is 34.2 Å².